The molecule has 3 heterocycles. The fourth-order valence-corrected chi connectivity index (χ4v) is 5.12. The number of para-hydroxylation sites is 1. The maximum absolute atomic E-state index is 13.6. The lowest BCUT2D eigenvalue weighted by Gasteiger charge is -2.08. The molecule has 35 heavy (non-hydrogen) atoms. The molecule has 0 radical (unpaired) electrons. The predicted molar refractivity (Wildman–Crippen MR) is 135 cm³/mol. The van der Waals surface area contributed by atoms with Crippen LogP contribution in [-0.4, -0.2) is 38.9 Å². The molecule has 6 rings (SSSR count). The summed E-state index contributed by atoms with van der Waals surface area (Å²) < 4.78 is 11.4. The van der Waals surface area contributed by atoms with Crippen molar-refractivity contribution in [3.05, 3.63) is 82.9 Å². The van der Waals surface area contributed by atoms with E-state index in [4.69, 9.17) is 26.1 Å². The summed E-state index contributed by atoms with van der Waals surface area (Å²) in [7, 11) is 1.75. The molecule has 5 aromatic rings. The fourth-order valence-electron chi connectivity index (χ4n) is 4.86. The standard InChI is InChI=1S/C27H23ClN4O3/c1-34-17-8-7-15(11-17)26-31-22-14-30-27-23(24(22)32-26)20(13-29-27)25(33)19-10-9-18(12-21(19)28)35-16-5-3-2-4-6-16/h2-6,9-10,12-15,17H,7-8,11H2,1H3,(H,29,30)(H,31,32)/t15-,17-/m0/s1. The highest BCUT2D eigenvalue weighted by atomic mass is 35.5. The third kappa shape index (κ3) is 3.96. The minimum Gasteiger partial charge on any atom is -0.457 e. The molecule has 1 aliphatic rings. The molecule has 1 aliphatic carbocycles. The van der Waals surface area contributed by atoms with Gasteiger partial charge in [0.2, 0.25) is 0 Å². The Morgan fingerprint density at radius 2 is 1.94 bits per heavy atom. The van der Waals surface area contributed by atoms with Crippen LogP contribution in [0.15, 0.2) is 60.9 Å². The Morgan fingerprint density at radius 1 is 1.09 bits per heavy atom. The number of ether oxygens (including phenoxy) is 2. The first-order chi connectivity index (χ1) is 17.1. The molecule has 8 heteroatoms. The van der Waals surface area contributed by atoms with Gasteiger partial charge in [-0.05, 0) is 43.5 Å². The predicted octanol–water partition coefficient (Wildman–Crippen LogP) is 6.40. The Balaban J connectivity index is 1.35. The van der Waals surface area contributed by atoms with Crippen LogP contribution in [0.4, 0.5) is 0 Å². The number of carbonyl (C=O) groups is 1. The molecule has 0 spiro atoms. The zero-order valence-electron chi connectivity index (χ0n) is 19.0. The van der Waals surface area contributed by atoms with Crippen LogP contribution in [0.5, 0.6) is 11.5 Å². The summed E-state index contributed by atoms with van der Waals surface area (Å²) in [6, 6.07) is 14.5. The van der Waals surface area contributed by atoms with Crippen LogP contribution in [0.2, 0.25) is 5.02 Å². The highest BCUT2D eigenvalue weighted by molar-refractivity contribution is 6.36. The fraction of sp³-hybridized carbons (Fsp3) is 0.222. The van der Waals surface area contributed by atoms with Crippen molar-refractivity contribution in [1.82, 2.24) is 19.9 Å². The number of nitrogens with one attached hydrogen (secondary N) is 2. The summed E-state index contributed by atoms with van der Waals surface area (Å²) in [4.78, 5) is 29.5. The Kier molecular flexibility index (Phi) is 5.51. The largest absolute Gasteiger partial charge is 0.457 e. The lowest BCUT2D eigenvalue weighted by atomic mass is 10.0. The summed E-state index contributed by atoms with van der Waals surface area (Å²) >= 11 is 6.53. The first-order valence-electron chi connectivity index (χ1n) is 11.6. The summed E-state index contributed by atoms with van der Waals surface area (Å²) in [5, 5.41) is 1.01. The van der Waals surface area contributed by atoms with Gasteiger partial charge in [-0.25, -0.2) is 9.97 Å². The van der Waals surface area contributed by atoms with Gasteiger partial charge in [0.05, 0.1) is 33.8 Å². The number of imidazole rings is 1. The second-order valence-electron chi connectivity index (χ2n) is 8.82. The SMILES string of the molecule is CO[C@H]1CC[C@H](c2nc3c(cnc4[nH]cc(C(=O)c5ccc(Oc6ccccc6)cc5Cl)c43)[nH]2)C1. The van der Waals surface area contributed by atoms with E-state index < -0.39 is 0 Å². The number of aromatic nitrogens is 4. The molecule has 1 fully saturated rings. The van der Waals surface area contributed by atoms with E-state index in [0.29, 0.717) is 44.6 Å². The number of benzene rings is 2. The third-order valence-corrected chi connectivity index (χ3v) is 6.99. The molecule has 2 aromatic carbocycles. The monoisotopic (exact) mass is 486 g/mol. The van der Waals surface area contributed by atoms with Crippen molar-refractivity contribution in [2.24, 2.45) is 0 Å². The van der Waals surface area contributed by atoms with Crippen LogP contribution in [0.1, 0.15) is 46.9 Å². The number of carbonyl (C=O) groups excluding carboxylic acids is 1. The van der Waals surface area contributed by atoms with Gasteiger partial charge in [0.25, 0.3) is 0 Å². The molecule has 0 unspecified atom stereocenters. The first-order valence-corrected chi connectivity index (χ1v) is 11.9. The van der Waals surface area contributed by atoms with E-state index in [1.807, 2.05) is 30.3 Å². The van der Waals surface area contributed by atoms with Crippen molar-refractivity contribution in [2.45, 2.75) is 31.3 Å². The van der Waals surface area contributed by atoms with Crippen LogP contribution in [0, 0.1) is 0 Å². The molecule has 1 saturated carbocycles. The smallest absolute Gasteiger partial charge is 0.196 e. The average molecular weight is 487 g/mol. The molecule has 176 valence electrons. The van der Waals surface area contributed by atoms with Crippen molar-refractivity contribution >= 4 is 39.5 Å². The minimum absolute atomic E-state index is 0.202. The van der Waals surface area contributed by atoms with Gasteiger partial charge in [-0.1, -0.05) is 29.8 Å². The van der Waals surface area contributed by atoms with Gasteiger partial charge < -0.3 is 19.4 Å². The zero-order chi connectivity index (χ0) is 23.9. The summed E-state index contributed by atoms with van der Waals surface area (Å²) in [6.07, 6.45) is 6.65. The van der Waals surface area contributed by atoms with Gasteiger partial charge >= 0.3 is 0 Å². The number of nitrogens with zero attached hydrogens (tertiary/aromatic N) is 2. The maximum atomic E-state index is 13.6. The Hall–Kier alpha value is -3.68. The minimum atomic E-state index is -0.202. The number of pyridine rings is 1. The number of aromatic amines is 2. The number of ketones is 1. The highest BCUT2D eigenvalue weighted by Gasteiger charge is 2.29. The van der Waals surface area contributed by atoms with E-state index in [9.17, 15) is 4.79 Å². The van der Waals surface area contributed by atoms with Gasteiger partial charge in [0.1, 0.15) is 28.5 Å². The highest BCUT2D eigenvalue weighted by Crippen LogP contribution is 2.37. The average Bonchev–Trinajstić information content (AvgIpc) is 3.61. The van der Waals surface area contributed by atoms with E-state index in [2.05, 4.69) is 15.0 Å². The van der Waals surface area contributed by atoms with Crippen molar-refractivity contribution < 1.29 is 14.3 Å². The van der Waals surface area contributed by atoms with Gasteiger partial charge in [0, 0.05) is 30.9 Å². The van der Waals surface area contributed by atoms with E-state index in [1.165, 1.54) is 0 Å². The lowest BCUT2D eigenvalue weighted by Crippen LogP contribution is -2.04. The quantitative estimate of drug-likeness (QED) is 0.271. The van der Waals surface area contributed by atoms with Gasteiger partial charge in [-0.15, -0.1) is 0 Å². The molecule has 7 nitrogen and oxygen atoms in total. The molecular weight excluding hydrogens is 464 g/mol. The van der Waals surface area contributed by atoms with Gasteiger partial charge in [0.15, 0.2) is 5.78 Å². The van der Waals surface area contributed by atoms with Crippen LogP contribution in [0.25, 0.3) is 22.1 Å². The number of rotatable bonds is 6. The third-order valence-electron chi connectivity index (χ3n) is 6.68. The number of hydrogen-bond donors (Lipinski definition) is 2. The topological polar surface area (TPSA) is 92.9 Å². The Morgan fingerprint density at radius 3 is 2.71 bits per heavy atom. The molecular formula is C27H23ClN4O3. The van der Waals surface area contributed by atoms with Crippen molar-refractivity contribution in [3.63, 3.8) is 0 Å². The molecule has 0 amide bonds. The van der Waals surface area contributed by atoms with Crippen LogP contribution in [0.3, 0.4) is 0 Å². The number of hydrogen-bond acceptors (Lipinski definition) is 5. The van der Waals surface area contributed by atoms with Crippen LogP contribution < -0.4 is 4.74 Å². The number of methoxy groups -OCH3 is 1. The molecule has 0 saturated heterocycles. The zero-order valence-corrected chi connectivity index (χ0v) is 19.8. The molecule has 2 N–H and O–H groups in total. The molecule has 2 atom stereocenters. The van der Waals surface area contributed by atoms with Crippen molar-refractivity contribution in [2.75, 3.05) is 7.11 Å². The van der Waals surface area contributed by atoms with E-state index in [-0.39, 0.29) is 11.9 Å². The summed E-state index contributed by atoms with van der Waals surface area (Å²) in [5.74, 6) is 2.26. The first kappa shape index (κ1) is 21.8. The molecule has 0 aliphatic heterocycles. The van der Waals surface area contributed by atoms with Gasteiger partial charge in [-0.3, -0.25) is 4.79 Å². The summed E-state index contributed by atoms with van der Waals surface area (Å²) in [5.41, 5.74) is 3.02. The second kappa shape index (κ2) is 8.83. The van der Waals surface area contributed by atoms with Gasteiger partial charge in [-0.2, -0.15) is 0 Å². The Bertz CT molecular complexity index is 1540. The van der Waals surface area contributed by atoms with E-state index >= 15 is 0 Å². The van der Waals surface area contributed by atoms with Crippen LogP contribution >= 0.6 is 11.6 Å². The molecule has 3 aromatic heterocycles. The van der Waals surface area contributed by atoms with Crippen molar-refractivity contribution in [3.8, 4) is 11.5 Å². The van der Waals surface area contributed by atoms with Crippen molar-refractivity contribution in [1.29, 1.82) is 0 Å². The number of fused-ring (bicyclic) bond motifs is 3. The van der Waals surface area contributed by atoms with E-state index in [0.717, 1.165) is 36.1 Å². The molecule has 0 bridgehead atoms. The lowest BCUT2D eigenvalue weighted by molar-refractivity contribution is 0.104. The second-order valence-corrected chi connectivity index (χ2v) is 9.23. The summed E-state index contributed by atoms with van der Waals surface area (Å²) in [6.45, 7) is 0. The van der Waals surface area contributed by atoms with E-state index in [1.54, 1.807) is 37.7 Å². The maximum Gasteiger partial charge on any atom is 0.196 e. The Labute approximate surface area is 206 Å². The normalized spacial score (nSPS) is 17.9. The van der Waals surface area contributed by atoms with Crippen LogP contribution in [-0.2, 0) is 4.74 Å². The number of H-pyrrole nitrogens is 2. The number of halogens is 1.